The van der Waals surface area contributed by atoms with E-state index in [1.165, 1.54) is 19.3 Å². The van der Waals surface area contributed by atoms with Crippen LogP contribution in [0, 0.1) is 5.41 Å². The molecule has 2 aliphatic rings. The maximum absolute atomic E-state index is 5.44. The molecule has 1 aliphatic heterocycles. The fraction of sp³-hybridized carbons (Fsp3) is 1.00. The molecular weight excluding hydrogens is 200 g/mol. The van der Waals surface area contributed by atoms with Crippen molar-refractivity contribution in [2.45, 2.75) is 45.2 Å². The summed E-state index contributed by atoms with van der Waals surface area (Å²) in [7, 11) is 2.23. The van der Waals surface area contributed by atoms with E-state index >= 15 is 0 Å². The van der Waals surface area contributed by atoms with Gasteiger partial charge >= 0.3 is 0 Å². The van der Waals surface area contributed by atoms with E-state index < -0.39 is 0 Å². The van der Waals surface area contributed by atoms with E-state index in [9.17, 15) is 0 Å². The Labute approximate surface area is 99.5 Å². The lowest BCUT2D eigenvalue weighted by Crippen LogP contribution is -2.43. The van der Waals surface area contributed by atoms with Crippen LogP contribution in [0.5, 0.6) is 0 Å². The van der Waals surface area contributed by atoms with Crippen molar-refractivity contribution < 1.29 is 4.74 Å². The van der Waals surface area contributed by atoms with Crippen LogP contribution in [-0.4, -0.2) is 50.3 Å². The lowest BCUT2D eigenvalue weighted by Gasteiger charge is -2.33. The zero-order chi connectivity index (χ0) is 11.6. The number of nitrogens with zero attached hydrogens (tertiary/aromatic N) is 1. The molecule has 16 heavy (non-hydrogen) atoms. The first-order valence-electron chi connectivity index (χ1n) is 6.58. The van der Waals surface area contributed by atoms with Gasteiger partial charge in [-0.1, -0.05) is 13.8 Å². The van der Waals surface area contributed by atoms with Crippen molar-refractivity contribution in [3.05, 3.63) is 0 Å². The highest BCUT2D eigenvalue weighted by Crippen LogP contribution is 2.23. The maximum atomic E-state index is 5.44. The average Bonchev–Trinajstić information content (AvgIpc) is 2.87. The van der Waals surface area contributed by atoms with Crippen molar-refractivity contribution in [1.82, 2.24) is 10.2 Å². The number of rotatable bonds is 6. The Balaban J connectivity index is 1.71. The molecule has 1 atom stereocenters. The number of hydrogen-bond acceptors (Lipinski definition) is 3. The number of hydrogen-bond donors (Lipinski definition) is 1. The summed E-state index contributed by atoms with van der Waals surface area (Å²) in [6.45, 7) is 8.86. The summed E-state index contributed by atoms with van der Waals surface area (Å²) in [5.41, 5.74) is 0.361. The topological polar surface area (TPSA) is 24.5 Å². The van der Waals surface area contributed by atoms with Gasteiger partial charge in [0.25, 0.3) is 0 Å². The molecule has 1 saturated carbocycles. The molecule has 1 saturated heterocycles. The van der Waals surface area contributed by atoms with Gasteiger partial charge in [-0.3, -0.25) is 0 Å². The van der Waals surface area contributed by atoms with Gasteiger partial charge in [-0.15, -0.1) is 0 Å². The van der Waals surface area contributed by atoms with E-state index in [4.69, 9.17) is 4.74 Å². The van der Waals surface area contributed by atoms with Gasteiger partial charge in [-0.05, 0) is 31.7 Å². The predicted molar refractivity (Wildman–Crippen MR) is 66.7 cm³/mol. The number of ether oxygens (including phenoxy) is 1. The zero-order valence-corrected chi connectivity index (χ0v) is 11.0. The van der Waals surface area contributed by atoms with E-state index in [0.29, 0.717) is 11.5 Å². The SMILES string of the molecule is CN(CC(C)(C)CNC1CC1)C1CCOC1. The molecule has 1 unspecified atom stereocenters. The summed E-state index contributed by atoms with van der Waals surface area (Å²) in [6, 6.07) is 1.46. The van der Waals surface area contributed by atoms with Gasteiger partial charge in [0.05, 0.1) is 6.61 Å². The molecule has 1 aliphatic carbocycles. The Kier molecular flexibility index (Phi) is 3.88. The standard InChI is InChI=1S/C13H26N2O/c1-13(2,9-14-11-4-5-11)10-15(3)12-6-7-16-8-12/h11-12,14H,4-10H2,1-3H3. The van der Waals surface area contributed by atoms with Crippen LogP contribution in [0.1, 0.15) is 33.1 Å². The molecule has 1 N–H and O–H groups in total. The van der Waals surface area contributed by atoms with E-state index in [1.54, 1.807) is 0 Å². The van der Waals surface area contributed by atoms with Crippen molar-refractivity contribution in [3.8, 4) is 0 Å². The van der Waals surface area contributed by atoms with Gasteiger partial charge in [0.1, 0.15) is 0 Å². The summed E-state index contributed by atoms with van der Waals surface area (Å²) in [5.74, 6) is 0. The Morgan fingerprint density at radius 2 is 2.06 bits per heavy atom. The van der Waals surface area contributed by atoms with Crippen LogP contribution in [0.4, 0.5) is 0 Å². The molecule has 2 fully saturated rings. The molecule has 2 rings (SSSR count). The fourth-order valence-corrected chi connectivity index (χ4v) is 2.44. The number of nitrogens with one attached hydrogen (secondary N) is 1. The molecular formula is C13H26N2O. The minimum Gasteiger partial charge on any atom is -0.380 e. The third kappa shape index (κ3) is 3.72. The molecule has 0 bridgehead atoms. The predicted octanol–water partition coefficient (Wildman–Crippen LogP) is 1.49. The Bertz CT molecular complexity index is 220. The molecule has 94 valence electrons. The first kappa shape index (κ1) is 12.3. The second-order valence-corrected chi connectivity index (χ2v) is 6.25. The van der Waals surface area contributed by atoms with Crippen molar-refractivity contribution in [2.24, 2.45) is 5.41 Å². The zero-order valence-electron chi connectivity index (χ0n) is 11.0. The molecule has 0 amide bonds. The smallest absolute Gasteiger partial charge is 0.0622 e. The minimum atomic E-state index is 0.361. The average molecular weight is 226 g/mol. The van der Waals surface area contributed by atoms with Gasteiger partial charge in [0.2, 0.25) is 0 Å². The van der Waals surface area contributed by atoms with Gasteiger partial charge in [0.15, 0.2) is 0 Å². The molecule has 1 heterocycles. The third-order valence-corrected chi connectivity index (χ3v) is 3.65. The third-order valence-electron chi connectivity index (χ3n) is 3.65. The number of likely N-dealkylation sites (N-methyl/N-ethyl adjacent to an activating group) is 1. The summed E-state index contributed by atoms with van der Waals surface area (Å²) >= 11 is 0. The minimum absolute atomic E-state index is 0.361. The summed E-state index contributed by atoms with van der Waals surface area (Å²) < 4.78 is 5.44. The Morgan fingerprint density at radius 1 is 1.31 bits per heavy atom. The van der Waals surface area contributed by atoms with Crippen molar-refractivity contribution in [2.75, 3.05) is 33.4 Å². The first-order valence-corrected chi connectivity index (χ1v) is 6.58. The van der Waals surface area contributed by atoms with Gasteiger partial charge in [-0.25, -0.2) is 0 Å². The van der Waals surface area contributed by atoms with E-state index in [-0.39, 0.29) is 0 Å². The summed E-state index contributed by atoms with van der Waals surface area (Å²) in [5, 5.41) is 3.63. The van der Waals surface area contributed by atoms with Crippen LogP contribution in [0.15, 0.2) is 0 Å². The maximum Gasteiger partial charge on any atom is 0.0622 e. The second kappa shape index (κ2) is 5.03. The highest BCUT2D eigenvalue weighted by molar-refractivity contribution is 4.86. The quantitative estimate of drug-likeness (QED) is 0.742. The molecule has 0 aromatic carbocycles. The molecule has 0 aromatic rings. The van der Waals surface area contributed by atoms with Crippen molar-refractivity contribution >= 4 is 0 Å². The monoisotopic (exact) mass is 226 g/mol. The van der Waals surface area contributed by atoms with Crippen LogP contribution >= 0.6 is 0 Å². The van der Waals surface area contributed by atoms with Gasteiger partial charge in [-0.2, -0.15) is 0 Å². The highest BCUT2D eigenvalue weighted by Gasteiger charge is 2.29. The van der Waals surface area contributed by atoms with Crippen LogP contribution < -0.4 is 5.32 Å². The van der Waals surface area contributed by atoms with Gasteiger partial charge < -0.3 is 15.0 Å². The van der Waals surface area contributed by atoms with Crippen LogP contribution in [0.3, 0.4) is 0 Å². The molecule has 0 aromatic heterocycles. The van der Waals surface area contributed by atoms with E-state index in [0.717, 1.165) is 32.3 Å². The Morgan fingerprint density at radius 3 is 2.62 bits per heavy atom. The lowest BCUT2D eigenvalue weighted by molar-refractivity contribution is 0.128. The van der Waals surface area contributed by atoms with Crippen molar-refractivity contribution in [3.63, 3.8) is 0 Å². The van der Waals surface area contributed by atoms with Crippen molar-refractivity contribution in [1.29, 1.82) is 0 Å². The summed E-state index contributed by atoms with van der Waals surface area (Å²) in [4.78, 5) is 2.47. The molecule has 0 spiro atoms. The van der Waals surface area contributed by atoms with Gasteiger partial charge in [0, 0.05) is 31.8 Å². The Hall–Kier alpha value is -0.120. The highest BCUT2D eigenvalue weighted by atomic mass is 16.5. The molecule has 3 nitrogen and oxygen atoms in total. The van der Waals surface area contributed by atoms with Crippen LogP contribution in [-0.2, 0) is 4.74 Å². The summed E-state index contributed by atoms with van der Waals surface area (Å²) in [6.07, 6.45) is 3.95. The fourth-order valence-electron chi connectivity index (χ4n) is 2.44. The first-order chi connectivity index (χ1) is 7.57. The molecule has 0 radical (unpaired) electrons. The van der Waals surface area contributed by atoms with E-state index in [2.05, 4.69) is 31.1 Å². The normalized spacial score (nSPS) is 26.6. The molecule has 3 heteroatoms. The largest absolute Gasteiger partial charge is 0.380 e. The second-order valence-electron chi connectivity index (χ2n) is 6.25. The van der Waals surface area contributed by atoms with Crippen LogP contribution in [0.2, 0.25) is 0 Å². The lowest BCUT2D eigenvalue weighted by atomic mass is 9.92. The van der Waals surface area contributed by atoms with E-state index in [1.807, 2.05) is 0 Å². The van der Waals surface area contributed by atoms with Crippen LogP contribution in [0.25, 0.3) is 0 Å².